The lowest BCUT2D eigenvalue weighted by Gasteiger charge is -2.14. The molecule has 0 aliphatic carbocycles. The van der Waals surface area contributed by atoms with Gasteiger partial charge in [-0.3, -0.25) is 13.9 Å². The molecule has 5 heterocycles. The van der Waals surface area contributed by atoms with Crippen molar-refractivity contribution in [2.75, 3.05) is 5.73 Å². The molecule has 10 nitrogen and oxygen atoms in total. The van der Waals surface area contributed by atoms with Crippen molar-refractivity contribution in [3.63, 3.8) is 0 Å². The van der Waals surface area contributed by atoms with Crippen LogP contribution in [0, 0.1) is 11.8 Å². The minimum Gasteiger partial charge on any atom is -0.381 e. The van der Waals surface area contributed by atoms with E-state index in [4.69, 9.17) is 10.7 Å². The molecule has 1 aromatic carbocycles. The quantitative estimate of drug-likeness (QED) is 0.353. The van der Waals surface area contributed by atoms with Crippen LogP contribution in [0.25, 0.3) is 21.9 Å². The first kappa shape index (κ1) is 22.5. The van der Waals surface area contributed by atoms with Crippen LogP contribution in [0.3, 0.4) is 0 Å². The molecule has 0 aliphatic rings. The summed E-state index contributed by atoms with van der Waals surface area (Å²) in [7, 11) is 1.86. The zero-order chi connectivity index (χ0) is 25.5. The number of carbonyl (C=O) groups excluding carboxylic acids is 1. The molecule has 6 rings (SSSR count). The van der Waals surface area contributed by atoms with Crippen molar-refractivity contribution < 1.29 is 4.79 Å². The largest absolute Gasteiger partial charge is 0.381 e. The Kier molecular flexibility index (Phi) is 5.43. The normalized spacial score (nSPS) is 11.9. The summed E-state index contributed by atoms with van der Waals surface area (Å²) in [6, 6.07) is 13.1. The molecule has 0 saturated heterocycles. The second kappa shape index (κ2) is 8.92. The van der Waals surface area contributed by atoms with Crippen LogP contribution >= 0.6 is 11.3 Å². The molecule has 0 aliphatic heterocycles. The van der Waals surface area contributed by atoms with E-state index in [-0.39, 0.29) is 17.3 Å². The van der Waals surface area contributed by atoms with Gasteiger partial charge >= 0.3 is 0 Å². The van der Waals surface area contributed by atoms with Gasteiger partial charge in [0, 0.05) is 36.6 Å². The van der Waals surface area contributed by atoms with E-state index < -0.39 is 6.04 Å². The lowest BCUT2D eigenvalue weighted by molar-refractivity contribution is 0.0941. The molecule has 0 spiro atoms. The number of fused-ring (bicyclic) bond motifs is 2. The van der Waals surface area contributed by atoms with Crippen molar-refractivity contribution in [2.24, 2.45) is 7.05 Å². The van der Waals surface area contributed by atoms with Crippen molar-refractivity contribution in [1.82, 2.24) is 39.1 Å². The van der Waals surface area contributed by atoms with E-state index in [1.807, 2.05) is 66.3 Å². The lowest BCUT2D eigenvalue weighted by atomic mass is 10.1. The van der Waals surface area contributed by atoms with Gasteiger partial charge in [-0.2, -0.15) is 5.10 Å². The van der Waals surface area contributed by atoms with E-state index >= 15 is 0 Å². The summed E-state index contributed by atoms with van der Waals surface area (Å²) in [5.41, 5.74) is 10.7. The molecule has 11 heteroatoms. The van der Waals surface area contributed by atoms with Crippen molar-refractivity contribution >= 4 is 33.7 Å². The van der Waals surface area contributed by atoms with Crippen molar-refractivity contribution in [3.05, 3.63) is 89.1 Å². The fraction of sp³-hybridized carbons (Fsp3) is 0.115. The van der Waals surface area contributed by atoms with E-state index in [1.165, 1.54) is 15.9 Å². The third kappa shape index (κ3) is 3.99. The van der Waals surface area contributed by atoms with Crippen LogP contribution in [0.5, 0.6) is 0 Å². The molecule has 182 valence electrons. The number of hydrogen-bond acceptors (Lipinski definition) is 7. The molecule has 0 bridgehead atoms. The molecule has 0 radical (unpaired) electrons. The molecule has 0 saturated carbocycles. The highest BCUT2D eigenvalue weighted by Crippen LogP contribution is 2.33. The Labute approximate surface area is 215 Å². The second-order valence-electron chi connectivity index (χ2n) is 8.42. The first-order valence-electron chi connectivity index (χ1n) is 11.5. The third-order valence-corrected chi connectivity index (χ3v) is 6.70. The SMILES string of the molecule is C[C@@H](NC(=O)c1c(N)nn2cccnc12)c1nc2scc(C#Cc3ccn(C)n3)n2c1-c1ccccc1. The average Bonchev–Trinajstić information content (AvgIpc) is 3.65. The maximum Gasteiger partial charge on any atom is 0.259 e. The first-order valence-corrected chi connectivity index (χ1v) is 12.3. The second-order valence-corrected chi connectivity index (χ2v) is 9.26. The maximum absolute atomic E-state index is 13.3. The summed E-state index contributed by atoms with van der Waals surface area (Å²) < 4.78 is 5.23. The fourth-order valence-electron chi connectivity index (χ4n) is 4.21. The van der Waals surface area contributed by atoms with E-state index in [1.54, 1.807) is 23.1 Å². The molecule has 37 heavy (non-hydrogen) atoms. The average molecular weight is 508 g/mol. The highest BCUT2D eigenvalue weighted by Gasteiger charge is 2.26. The van der Waals surface area contributed by atoms with Crippen LogP contribution in [-0.4, -0.2) is 39.7 Å². The Morgan fingerprint density at radius 2 is 1.95 bits per heavy atom. The molecule has 0 fully saturated rings. The number of thiazole rings is 1. The first-order chi connectivity index (χ1) is 18.0. The Morgan fingerprint density at radius 1 is 1.11 bits per heavy atom. The predicted octanol–water partition coefficient (Wildman–Crippen LogP) is 3.31. The van der Waals surface area contributed by atoms with Crippen LogP contribution in [0.1, 0.15) is 40.4 Å². The van der Waals surface area contributed by atoms with E-state index in [2.05, 4.69) is 32.3 Å². The lowest BCUT2D eigenvalue weighted by Crippen LogP contribution is -2.28. The van der Waals surface area contributed by atoms with E-state index in [0.717, 1.165) is 27.6 Å². The molecular weight excluding hydrogens is 486 g/mol. The smallest absolute Gasteiger partial charge is 0.259 e. The molecule has 1 atom stereocenters. The number of anilines is 1. The number of aryl methyl sites for hydroxylation is 1. The Bertz CT molecular complexity index is 1830. The Morgan fingerprint density at radius 3 is 2.73 bits per heavy atom. The predicted molar refractivity (Wildman–Crippen MR) is 141 cm³/mol. The molecule has 1 amide bonds. The van der Waals surface area contributed by atoms with Crippen LogP contribution in [0.4, 0.5) is 5.82 Å². The van der Waals surface area contributed by atoms with Gasteiger partial charge in [0.1, 0.15) is 17.0 Å². The summed E-state index contributed by atoms with van der Waals surface area (Å²) in [6.07, 6.45) is 5.15. The number of carbonyl (C=O) groups is 1. The van der Waals surface area contributed by atoms with Gasteiger partial charge in [0.25, 0.3) is 5.91 Å². The molecular formula is C26H21N9OS. The van der Waals surface area contributed by atoms with Gasteiger partial charge in [0.05, 0.1) is 17.4 Å². The number of nitrogens with zero attached hydrogens (tertiary/aromatic N) is 7. The van der Waals surface area contributed by atoms with Gasteiger partial charge in [-0.05, 0) is 30.9 Å². The Hall–Kier alpha value is -4.95. The van der Waals surface area contributed by atoms with Gasteiger partial charge in [0.15, 0.2) is 16.4 Å². The summed E-state index contributed by atoms with van der Waals surface area (Å²) in [4.78, 5) is 23.3. The highest BCUT2D eigenvalue weighted by atomic mass is 32.1. The highest BCUT2D eigenvalue weighted by molar-refractivity contribution is 7.15. The molecule has 6 aromatic rings. The summed E-state index contributed by atoms with van der Waals surface area (Å²) in [6.45, 7) is 1.89. The molecule has 5 aromatic heterocycles. The molecule has 0 unspecified atom stereocenters. The topological polar surface area (TPSA) is 120 Å². The van der Waals surface area contributed by atoms with Crippen molar-refractivity contribution in [3.8, 4) is 23.1 Å². The summed E-state index contributed by atoms with van der Waals surface area (Å²) in [5.74, 6) is 6.11. The number of imidazole rings is 1. The molecule has 3 N–H and O–H groups in total. The van der Waals surface area contributed by atoms with Gasteiger partial charge in [-0.25, -0.2) is 14.5 Å². The van der Waals surface area contributed by atoms with Gasteiger partial charge < -0.3 is 11.1 Å². The fourth-order valence-corrected chi connectivity index (χ4v) is 5.04. The van der Waals surface area contributed by atoms with E-state index in [9.17, 15) is 4.79 Å². The summed E-state index contributed by atoms with van der Waals surface area (Å²) in [5, 5.41) is 13.6. The number of benzene rings is 1. The maximum atomic E-state index is 13.3. The zero-order valence-electron chi connectivity index (χ0n) is 20.0. The number of nitrogens with one attached hydrogen (secondary N) is 1. The summed E-state index contributed by atoms with van der Waals surface area (Å²) >= 11 is 1.49. The van der Waals surface area contributed by atoms with Crippen LogP contribution in [0.2, 0.25) is 0 Å². The van der Waals surface area contributed by atoms with Crippen LogP contribution in [-0.2, 0) is 7.05 Å². The third-order valence-electron chi connectivity index (χ3n) is 5.88. The van der Waals surface area contributed by atoms with Crippen LogP contribution < -0.4 is 11.1 Å². The van der Waals surface area contributed by atoms with Crippen molar-refractivity contribution in [1.29, 1.82) is 0 Å². The monoisotopic (exact) mass is 507 g/mol. The number of hydrogen-bond donors (Lipinski definition) is 2. The van der Waals surface area contributed by atoms with Gasteiger partial charge in [0.2, 0.25) is 0 Å². The van der Waals surface area contributed by atoms with Gasteiger partial charge in [-0.15, -0.1) is 16.4 Å². The van der Waals surface area contributed by atoms with E-state index in [0.29, 0.717) is 11.3 Å². The zero-order valence-corrected chi connectivity index (χ0v) is 20.8. The number of nitrogens with two attached hydrogens (primary N) is 1. The number of rotatable bonds is 4. The van der Waals surface area contributed by atoms with Gasteiger partial charge in [-0.1, -0.05) is 30.3 Å². The Balaban J connectivity index is 1.42. The number of amides is 1. The number of aromatic nitrogens is 7. The number of nitrogen functional groups attached to an aromatic ring is 1. The van der Waals surface area contributed by atoms with Crippen molar-refractivity contribution in [2.45, 2.75) is 13.0 Å². The minimum absolute atomic E-state index is 0.115. The standard InChI is InChI=1S/C26H21N9OS/c1-16(29-25(36)20-23(27)32-34-13-6-12-28-24(20)34)21-22(17-7-4-3-5-8-17)35-19(15-37-26(35)30-21)10-9-18-11-14-33(2)31-18/h3-8,11-16H,1-2H3,(H2,27,32)(H,29,36)/t16-/m1/s1. The minimum atomic E-state index is -0.440. The van der Waals surface area contributed by atoms with Crippen LogP contribution in [0.15, 0.2) is 66.4 Å².